The number of nitrogens with one attached hydrogen (secondary N) is 1. The second-order valence-electron chi connectivity index (χ2n) is 4.11. The number of nitriles is 1. The highest BCUT2D eigenvalue weighted by molar-refractivity contribution is 7.71. The molecule has 0 spiro atoms. The molecule has 0 saturated carbocycles. The number of rotatable bonds is 2. The quantitative estimate of drug-likeness (QED) is 0.673. The molecule has 0 bridgehead atoms. The first-order valence-electron chi connectivity index (χ1n) is 5.69. The molecular formula is C14H7F3N2OS. The van der Waals surface area contributed by atoms with Gasteiger partial charge in [0.25, 0.3) is 5.78 Å². The Labute approximate surface area is 122 Å². The van der Waals surface area contributed by atoms with Gasteiger partial charge in [0, 0.05) is 0 Å². The van der Waals surface area contributed by atoms with Crippen LogP contribution in [0.25, 0.3) is 11.3 Å². The van der Waals surface area contributed by atoms with E-state index in [1.54, 1.807) is 36.4 Å². The number of hydrogen-bond acceptors (Lipinski definition) is 3. The Morgan fingerprint density at radius 1 is 1.24 bits per heavy atom. The van der Waals surface area contributed by atoms with Gasteiger partial charge in [-0.3, -0.25) is 4.79 Å². The van der Waals surface area contributed by atoms with Gasteiger partial charge in [-0.25, -0.2) is 0 Å². The molecule has 3 nitrogen and oxygen atoms in total. The van der Waals surface area contributed by atoms with Crippen molar-refractivity contribution in [3.8, 4) is 17.3 Å². The summed E-state index contributed by atoms with van der Waals surface area (Å²) in [5, 5.41) is 8.86. The normalized spacial score (nSPS) is 11.0. The molecule has 1 N–H and O–H groups in total. The number of aromatic nitrogens is 1. The number of benzene rings is 1. The lowest BCUT2D eigenvalue weighted by atomic mass is 10.0. The third kappa shape index (κ3) is 3.01. The van der Waals surface area contributed by atoms with Crippen LogP contribution in [0.4, 0.5) is 13.2 Å². The number of Topliss-reactive ketones (excluding diaryl/α,β-unsaturated/α-hetero) is 1. The van der Waals surface area contributed by atoms with Crippen LogP contribution in [0.5, 0.6) is 0 Å². The lowest BCUT2D eigenvalue weighted by Crippen LogP contribution is -2.24. The maximum atomic E-state index is 12.7. The summed E-state index contributed by atoms with van der Waals surface area (Å²) in [5.41, 5.74) is -0.487. The largest absolute Gasteiger partial charge is 0.454 e. The van der Waals surface area contributed by atoms with Crippen molar-refractivity contribution >= 4 is 18.0 Å². The number of pyridine rings is 1. The lowest BCUT2D eigenvalue weighted by Gasteiger charge is -2.11. The predicted molar refractivity (Wildman–Crippen MR) is 72.2 cm³/mol. The molecule has 7 heteroatoms. The van der Waals surface area contributed by atoms with Crippen molar-refractivity contribution in [3.63, 3.8) is 0 Å². The summed E-state index contributed by atoms with van der Waals surface area (Å²) in [6.45, 7) is 0. The third-order valence-electron chi connectivity index (χ3n) is 2.73. The molecule has 106 valence electrons. The highest BCUT2D eigenvalue weighted by atomic mass is 32.1. The zero-order chi connectivity index (χ0) is 15.6. The second kappa shape index (κ2) is 5.50. The van der Waals surface area contributed by atoms with Crippen LogP contribution in [0.2, 0.25) is 0 Å². The number of nitrogens with zero attached hydrogens (tertiary/aromatic N) is 1. The summed E-state index contributed by atoms with van der Waals surface area (Å²) in [4.78, 5) is 14.1. The molecule has 21 heavy (non-hydrogen) atoms. The van der Waals surface area contributed by atoms with Crippen LogP contribution in [0.1, 0.15) is 15.9 Å². The van der Waals surface area contributed by atoms with E-state index in [0.717, 1.165) is 6.07 Å². The first-order valence-corrected chi connectivity index (χ1v) is 6.10. The van der Waals surface area contributed by atoms with E-state index in [1.165, 1.54) is 0 Å². The van der Waals surface area contributed by atoms with Crippen molar-refractivity contribution in [1.82, 2.24) is 4.98 Å². The Morgan fingerprint density at radius 3 is 2.38 bits per heavy atom. The Balaban J connectivity index is 2.76. The smallest absolute Gasteiger partial charge is 0.344 e. The number of hydrogen-bond donors (Lipinski definition) is 1. The molecule has 2 rings (SSSR count). The topological polar surface area (TPSA) is 56.6 Å². The Hall–Kier alpha value is -2.46. The number of H-pyrrole nitrogens is 1. The van der Waals surface area contributed by atoms with Gasteiger partial charge in [0.1, 0.15) is 10.7 Å². The van der Waals surface area contributed by atoms with E-state index in [-0.39, 0.29) is 15.9 Å². The summed E-state index contributed by atoms with van der Waals surface area (Å²) in [7, 11) is 0. The highest BCUT2D eigenvalue weighted by Crippen LogP contribution is 2.29. The van der Waals surface area contributed by atoms with Gasteiger partial charge >= 0.3 is 6.18 Å². The predicted octanol–water partition coefficient (Wildman–Crippen LogP) is 4.03. The monoisotopic (exact) mass is 308 g/mol. The summed E-state index contributed by atoms with van der Waals surface area (Å²) in [6.07, 6.45) is -5.03. The first-order chi connectivity index (χ1) is 9.84. The van der Waals surface area contributed by atoms with Crippen molar-refractivity contribution in [1.29, 1.82) is 5.26 Å². The zero-order valence-electron chi connectivity index (χ0n) is 10.4. The van der Waals surface area contributed by atoms with E-state index in [9.17, 15) is 18.0 Å². The highest BCUT2D eigenvalue weighted by Gasteiger charge is 2.41. The van der Waals surface area contributed by atoms with Crippen LogP contribution < -0.4 is 0 Å². The van der Waals surface area contributed by atoms with Crippen molar-refractivity contribution in [2.75, 3.05) is 0 Å². The van der Waals surface area contributed by atoms with Gasteiger partial charge < -0.3 is 4.98 Å². The fraction of sp³-hybridized carbons (Fsp3) is 0.0714. The van der Waals surface area contributed by atoms with E-state index in [1.807, 2.05) is 0 Å². The van der Waals surface area contributed by atoms with Crippen LogP contribution in [-0.4, -0.2) is 16.9 Å². The maximum absolute atomic E-state index is 12.7. The summed E-state index contributed by atoms with van der Waals surface area (Å²) in [5.74, 6) is -2.02. The number of alkyl halides is 3. The van der Waals surface area contributed by atoms with Crippen LogP contribution in [0.15, 0.2) is 36.4 Å². The molecule has 1 heterocycles. The summed E-state index contributed by atoms with van der Waals surface area (Å²) < 4.78 is 38.1. The molecule has 0 atom stereocenters. The van der Waals surface area contributed by atoms with E-state index < -0.39 is 17.5 Å². The number of aromatic amines is 1. The SMILES string of the molecule is N#Cc1cc(C(=O)C(F)(F)F)c(-c2ccccc2)[nH]c1=S. The van der Waals surface area contributed by atoms with E-state index in [2.05, 4.69) is 4.98 Å². The molecule has 0 aliphatic heterocycles. The summed E-state index contributed by atoms with van der Waals surface area (Å²) >= 11 is 4.91. The fourth-order valence-corrected chi connectivity index (χ4v) is 1.98. The van der Waals surface area contributed by atoms with Gasteiger partial charge in [0.05, 0.1) is 16.8 Å². The number of carbonyl (C=O) groups excluding carboxylic acids is 1. The van der Waals surface area contributed by atoms with Gasteiger partial charge in [-0.1, -0.05) is 42.5 Å². The maximum Gasteiger partial charge on any atom is 0.454 e. The minimum atomic E-state index is -5.03. The Bertz CT molecular complexity index is 789. The molecule has 0 aliphatic carbocycles. The van der Waals surface area contributed by atoms with Crippen LogP contribution in [0, 0.1) is 16.0 Å². The van der Waals surface area contributed by atoms with Gasteiger partial charge in [-0.15, -0.1) is 0 Å². The van der Waals surface area contributed by atoms with E-state index in [0.29, 0.717) is 5.56 Å². The van der Waals surface area contributed by atoms with Gasteiger partial charge in [0.2, 0.25) is 0 Å². The number of halogens is 3. The minimum Gasteiger partial charge on any atom is -0.344 e. The lowest BCUT2D eigenvalue weighted by molar-refractivity contribution is -0.0885. The molecule has 0 aliphatic rings. The first kappa shape index (κ1) is 14.9. The number of ketones is 1. The van der Waals surface area contributed by atoms with Crippen molar-refractivity contribution < 1.29 is 18.0 Å². The average molecular weight is 308 g/mol. The molecule has 0 saturated heterocycles. The van der Waals surface area contributed by atoms with Crippen LogP contribution in [0.3, 0.4) is 0 Å². The molecule has 0 fully saturated rings. The Morgan fingerprint density at radius 2 is 1.86 bits per heavy atom. The second-order valence-corrected chi connectivity index (χ2v) is 4.51. The standard InChI is InChI=1S/C14H7F3N2OS/c15-14(16,17)12(20)10-6-9(7-18)13(21)19-11(10)8-4-2-1-3-5-8/h1-6H,(H,19,21). The molecule has 2 aromatic rings. The van der Waals surface area contributed by atoms with E-state index >= 15 is 0 Å². The average Bonchev–Trinajstić information content (AvgIpc) is 2.46. The summed E-state index contributed by atoms with van der Waals surface area (Å²) in [6, 6.07) is 10.5. The van der Waals surface area contributed by atoms with E-state index in [4.69, 9.17) is 17.5 Å². The van der Waals surface area contributed by atoms with Crippen LogP contribution >= 0.6 is 12.2 Å². The molecule has 0 unspecified atom stereocenters. The van der Waals surface area contributed by atoms with Gasteiger partial charge in [0.15, 0.2) is 0 Å². The molecular weight excluding hydrogens is 301 g/mol. The molecule has 0 amide bonds. The Kier molecular flexibility index (Phi) is 3.91. The fourth-order valence-electron chi connectivity index (χ4n) is 1.78. The van der Waals surface area contributed by atoms with Crippen molar-refractivity contribution in [2.45, 2.75) is 6.18 Å². The van der Waals surface area contributed by atoms with Gasteiger partial charge in [-0.05, 0) is 11.6 Å². The zero-order valence-corrected chi connectivity index (χ0v) is 11.2. The van der Waals surface area contributed by atoms with Crippen LogP contribution in [-0.2, 0) is 0 Å². The van der Waals surface area contributed by atoms with Crippen molar-refractivity contribution in [3.05, 3.63) is 52.2 Å². The molecule has 1 aromatic heterocycles. The molecule has 1 aromatic carbocycles. The third-order valence-corrected chi connectivity index (χ3v) is 3.05. The number of carbonyl (C=O) groups is 1. The van der Waals surface area contributed by atoms with Crippen molar-refractivity contribution in [2.24, 2.45) is 0 Å². The minimum absolute atomic E-state index is 0.0184. The van der Waals surface area contributed by atoms with Gasteiger partial charge in [-0.2, -0.15) is 18.4 Å². The molecule has 0 radical (unpaired) electrons.